The van der Waals surface area contributed by atoms with E-state index in [9.17, 15) is 4.79 Å². The number of aromatic nitrogens is 4. The van der Waals surface area contributed by atoms with Crippen LogP contribution in [0, 0.1) is 6.92 Å². The highest BCUT2D eigenvalue weighted by Crippen LogP contribution is 2.34. The molecule has 2 fully saturated rings. The summed E-state index contributed by atoms with van der Waals surface area (Å²) in [6.07, 6.45) is 1.54. The number of hydrogen-bond acceptors (Lipinski definition) is 6. The molecule has 0 saturated carbocycles. The summed E-state index contributed by atoms with van der Waals surface area (Å²) in [4.78, 5) is 30.9. The van der Waals surface area contributed by atoms with Gasteiger partial charge >= 0.3 is 0 Å². The van der Waals surface area contributed by atoms with Crippen LogP contribution >= 0.6 is 24.0 Å². The fraction of sp³-hybridized carbons (Fsp3) is 0.455. The van der Waals surface area contributed by atoms with E-state index >= 15 is 0 Å². The SMILES string of the molecule is COCCn1c(-c2ccccc2Cl)nc2c(N3CCN4C(=O)CCC4C3)nc(C)nc21.Cl. The highest BCUT2D eigenvalue weighted by molar-refractivity contribution is 6.33. The van der Waals surface area contributed by atoms with E-state index in [-0.39, 0.29) is 24.4 Å². The van der Waals surface area contributed by atoms with Crippen molar-refractivity contribution in [2.75, 3.05) is 38.3 Å². The molecule has 1 aromatic carbocycles. The number of ether oxygens (including phenoxy) is 1. The number of rotatable bonds is 5. The van der Waals surface area contributed by atoms with Crippen LogP contribution in [0.15, 0.2) is 24.3 Å². The lowest BCUT2D eigenvalue weighted by Gasteiger charge is -2.38. The first-order valence-electron chi connectivity index (χ1n) is 10.6. The Kier molecular flexibility index (Phi) is 6.55. The fourth-order valence-corrected chi connectivity index (χ4v) is 4.83. The largest absolute Gasteiger partial charge is 0.383 e. The van der Waals surface area contributed by atoms with E-state index in [4.69, 9.17) is 31.3 Å². The van der Waals surface area contributed by atoms with Crippen LogP contribution in [0.1, 0.15) is 18.7 Å². The average molecular weight is 477 g/mol. The maximum Gasteiger partial charge on any atom is 0.223 e. The Morgan fingerprint density at radius 3 is 2.78 bits per heavy atom. The molecule has 4 heterocycles. The van der Waals surface area contributed by atoms with Crippen LogP contribution in [0.5, 0.6) is 0 Å². The Hall–Kier alpha value is -2.42. The number of aryl methyl sites for hydroxylation is 1. The molecule has 2 aliphatic heterocycles. The van der Waals surface area contributed by atoms with Crippen LogP contribution in [0.3, 0.4) is 0 Å². The standard InChI is InChI=1S/C22H25ClN6O2.ClH/c1-14-24-21(27-9-10-28-15(13-27)7-8-18(28)30)19-22(25-14)29(11-12-31-2)20(26-19)16-5-3-4-6-17(16)23;/h3-6,15H,7-13H2,1-2H3;1H. The van der Waals surface area contributed by atoms with Crippen molar-refractivity contribution in [2.45, 2.75) is 32.4 Å². The summed E-state index contributed by atoms with van der Waals surface area (Å²) in [6.45, 7) is 5.26. The summed E-state index contributed by atoms with van der Waals surface area (Å²) < 4.78 is 7.41. The molecule has 0 spiro atoms. The molecule has 170 valence electrons. The minimum absolute atomic E-state index is 0. The van der Waals surface area contributed by atoms with Crippen molar-refractivity contribution in [3.05, 3.63) is 35.1 Å². The molecular formula is C22H26Cl2N6O2. The molecule has 5 rings (SSSR count). The van der Waals surface area contributed by atoms with Crippen molar-refractivity contribution in [1.29, 1.82) is 0 Å². The molecule has 2 aromatic heterocycles. The number of halogens is 2. The molecular weight excluding hydrogens is 451 g/mol. The van der Waals surface area contributed by atoms with Gasteiger partial charge in [-0.2, -0.15) is 0 Å². The highest BCUT2D eigenvalue weighted by Gasteiger charge is 2.36. The van der Waals surface area contributed by atoms with Crippen LogP contribution in [-0.2, 0) is 16.1 Å². The van der Waals surface area contributed by atoms with Crippen LogP contribution < -0.4 is 4.90 Å². The zero-order chi connectivity index (χ0) is 21.5. The van der Waals surface area contributed by atoms with Crippen molar-refractivity contribution >= 4 is 46.9 Å². The number of carbonyl (C=O) groups excluding carboxylic acids is 1. The summed E-state index contributed by atoms with van der Waals surface area (Å²) in [5.74, 6) is 2.54. The van der Waals surface area contributed by atoms with Crippen molar-refractivity contribution < 1.29 is 9.53 Å². The zero-order valence-electron chi connectivity index (χ0n) is 18.1. The van der Waals surface area contributed by atoms with Crippen molar-refractivity contribution in [3.63, 3.8) is 0 Å². The van der Waals surface area contributed by atoms with Gasteiger partial charge in [-0.05, 0) is 25.5 Å². The van der Waals surface area contributed by atoms with Gasteiger partial charge in [0.2, 0.25) is 5.91 Å². The van der Waals surface area contributed by atoms with E-state index in [1.165, 1.54) is 0 Å². The molecule has 1 atom stereocenters. The van der Waals surface area contributed by atoms with Crippen molar-refractivity contribution in [1.82, 2.24) is 24.4 Å². The molecule has 1 unspecified atom stereocenters. The molecule has 2 saturated heterocycles. The topological polar surface area (TPSA) is 76.4 Å². The summed E-state index contributed by atoms with van der Waals surface area (Å²) in [6, 6.07) is 7.94. The number of benzene rings is 1. The van der Waals surface area contributed by atoms with Gasteiger partial charge in [-0.1, -0.05) is 23.7 Å². The fourth-order valence-electron chi connectivity index (χ4n) is 4.61. The van der Waals surface area contributed by atoms with E-state index in [2.05, 4.69) is 9.47 Å². The molecule has 0 aliphatic carbocycles. The molecule has 0 bridgehead atoms. The van der Waals surface area contributed by atoms with Crippen LogP contribution in [-0.4, -0.2) is 69.7 Å². The van der Waals surface area contributed by atoms with E-state index in [1.807, 2.05) is 36.1 Å². The number of piperazine rings is 1. The number of anilines is 1. The Bertz CT molecular complexity index is 1150. The molecule has 2 aliphatic rings. The van der Waals surface area contributed by atoms with Gasteiger partial charge in [0.1, 0.15) is 11.6 Å². The number of nitrogens with zero attached hydrogens (tertiary/aromatic N) is 6. The van der Waals surface area contributed by atoms with Gasteiger partial charge in [-0.25, -0.2) is 15.0 Å². The molecule has 0 radical (unpaired) electrons. The monoisotopic (exact) mass is 476 g/mol. The van der Waals surface area contributed by atoms with Crippen LogP contribution in [0.2, 0.25) is 5.02 Å². The molecule has 0 N–H and O–H groups in total. The van der Waals surface area contributed by atoms with Gasteiger partial charge in [-0.15, -0.1) is 12.4 Å². The van der Waals surface area contributed by atoms with Crippen molar-refractivity contribution in [2.24, 2.45) is 0 Å². The number of carbonyl (C=O) groups is 1. The second kappa shape index (κ2) is 9.21. The van der Waals surface area contributed by atoms with E-state index in [1.54, 1.807) is 7.11 Å². The summed E-state index contributed by atoms with van der Waals surface area (Å²) in [5.41, 5.74) is 2.39. The Morgan fingerprint density at radius 1 is 1.19 bits per heavy atom. The summed E-state index contributed by atoms with van der Waals surface area (Å²) in [5, 5.41) is 0.640. The second-order valence-corrected chi connectivity index (χ2v) is 8.46. The Balaban J connectivity index is 0.00000245. The lowest BCUT2D eigenvalue weighted by molar-refractivity contribution is -0.129. The van der Waals surface area contributed by atoms with Gasteiger partial charge in [0.05, 0.1) is 11.6 Å². The zero-order valence-corrected chi connectivity index (χ0v) is 19.7. The minimum atomic E-state index is 0. The number of imidazole rings is 1. The third-order valence-electron chi connectivity index (χ3n) is 6.12. The average Bonchev–Trinajstić information content (AvgIpc) is 3.32. The lowest BCUT2D eigenvalue weighted by atomic mass is 10.1. The molecule has 32 heavy (non-hydrogen) atoms. The first-order chi connectivity index (χ1) is 15.1. The predicted octanol–water partition coefficient (Wildman–Crippen LogP) is 3.33. The maximum absolute atomic E-state index is 12.1. The Labute approximate surface area is 198 Å². The normalized spacial score (nSPS) is 18.2. The number of fused-ring (bicyclic) bond motifs is 2. The van der Waals surface area contributed by atoms with Crippen LogP contribution in [0.25, 0.3) is 22.6 Å². The van der Waals surface area contributed by atoms with Gasteiger partial charge in [0, 0.05) is 51.3 Å². The smallest absolute Gasteiger partial charge is 0.223 e. The first-order valence-corrected chi connectivity index (χ1v) is 11.0. The highest BCUT2D eigenvalue weighted by atomic mass is 35.5. The number of amides is 1. The van der Waals surface area contributed by atoms with Crippen molar-refractivity contribution in [3.8, 4) is 11.4 Å². The number of hydrogen-bond donors (Lipinski definition) is 0. The minimum Gasteiger partial charge on any atom is -0.383 e. The lowest BCUT2D eigenvalue weighted by Crippen LogP contribution is -2.51. The van der Waals surface area contributed by atoms with Gasteiger partial charge < -0.3 is 19.1 Å². The molecule has 10 heteroatoms. The second-order valence-electron chi connectivity index (χ2n) is 8.05. The quantitative estimate of drug-likeness (QED) is 0.561. The number of methoxy groups -OCH3 is 1. The Morgan fingerprint density at radius 2 is 2.00 bits per heavy atom. The third-order valence-corrected chi connectivity index (χ3v) is 6.45. The van der Waals surface area contributed by atoms with Gasteiger partial charge in [0.15, 0.2) is 17.0 Å². The molecule has 3 aromatic rings. The molecule has 1 amide bonds. The van der Waals surface area contributed by atoms with Gasteiger partial charge in [-0.3, -0.25) is 4.79 Å². The van der Waals surface area contributed by atoms with Crippen LogP contribution in [0.4, 0.5) is 5.82 Å². The van der Waals surface area contributed by atoms with E-state index < -0.39 is 0 Å². The summed E-state index contributed by atoms with van der Waals surface area (Å²) >= 11 is 6.52. The maximum atomic E-state index is 12.1. The van der Waals surface area contributed by atoms with Gasteiger partial charge in [0.25, 0.3) is 0 Å². The van der Waals surface area contributed by atoms with E-state index in [0.717, 1.165) is 54.4 Å². The molecule has 8 nitrogen and oxygen atoms in total. The predicted molar refractivity (Wildman–Crippen MR) is 127 cm³/mol. The summed E-state index contributed by atoms with van der Waals surface area (Å²) in [7, 11) is 1.68. The first kappa shape index (κ1) is 22.8. The van der Waals surface area contributed by atoms with E-state index in [0.29, 0.717) is 30.4 Å². The third kappa shape index (κ3) is 3.91.